The molecule has 2 saturated heterocycles. The number of rotatable bonds is 4. The van der Waals surface area contributed by atoms with Crippen molar-refractivity contribution in [3.05, 3.63) is 34.0 Å². The molecule has 4 unspecified atom stereocenters. The van der Waals surface area contributed by atoms with Gasteiger partial charge in [0.05, 0.1) is 6.04 Å². The van der Waals surface area contributed by atoms with Gasteiger partial charge in [-0.3, -0.25) is 9.88 Å². The number of nitrogens with zero attached hydrogens (tertiary/aromatic N) is 4. The lowest BCUT2D eigenvalue weighted by atomic mass is 9.61. The zero-order valence-corrected chi connectivity index (χ0v) is 15.0. The predicted molar refractivity (Wildman–Crippen MR) is 90.5 cm³/mol. The zero-order chi connectivity index (χ0) is 15.4. The average Bonchev–Trinajstić information content (AvgIpc) is 2.93. The molecule has 2 aromatic heterocycles. The van der Waals surface area contributed by atoms with Crippen molar-refractivity contribution >= 4 is 27.3 Å². The van der Waals surface area contributed by atoms with E-state index in [1.165, 1.54) is 42.7 Å². The fraction of sp³-hybridized carbons (Fsp3) is 0.562. The fourth-order valence-electron chi connectivity index (χ4n) is 4.76. The smallest absolute Gasteiger partial charge is 0.295 e. The van der Waals surface area contributed by atoms with Crippen LogP contribution in [0.2, 0.25) is 0 Å². The Hall–Kier alpha value is -1.05. The second-order valence-corrected chi connectivity index (χ2v) is 8.94. The second-order valence-electron chi connectivity index (χ2n) is 6.73. The van der Waals surface area contributed by atoms with Crippen LogP contribution >= 0.6 is 27.3 Å². The molecule has 120 valence electrons. The van der Waals surface area contributed by atoms with Crippen LogP contribution in [0.15, 0.2) is 28.4 Å². The molecule has 0 aromatic carbocycles. The van der Waals surface area contributed by atoms with Crippen LogP contribution in [0.5, 0.6) is 5.19 Å². The van der Waals surface area contributed by atoms with Gasteiger partial charge >= 0.3 is 0 Å². The molecular weight excluding hydrogens is 376 g/mol. The molecule has 1 spiro atoms. The van der Waals surface area contributed by atoms with Crippen LogP contribution in [-0.2, 0) is 6.42 Å². The number of halogens is 1. The highest BCUT2D eigenvalue weighted by molar-refractivity contribution is 9.11. The summed E-state index contributed by atoms with van der Waals surface area (Å²) >= 11 is 4.84. The minimum absolute atomic E-state index is 0.214. The largest absolute Gasteiger partial charge is 0.464 e. The third-order valence-corrected chi connectivity index (χ3v) is 7.15. The van der Waals surface area contributed by atoms with Crippen LogP contribution in [0.4, 0.5) is 0 Å². The Bertz CT molecular complexity index is 722. The fourth-order valence-corrected chi connectivity index (χ4v) is 5.72. The Kier molecular flexibility index (Phi) is 3.25. The Balaban J connectivity index is 1.44. The minimum Gasteiger partial charge on any atom is -0.464 e. The molecule has 0 radical (unpaired) electrons. The summed E-state index contributed by atoms with van der Waals surface area (Å²) in [6.07, 6.45) is 8.93. The first-order valence-corrected chi connectivity index (χ1v) is 9.68. The van der Waals surface area contributed by atoms with Crippen LogP contribution < -0.4 is 4.74 Å². The molecule has 5 nitrogen and oxygen atoms in total. The Morgan fingerprint density at radius 2 is 2.35 bits per heavy atom. The molecule has 7 heteroatoms. The van der Waals surface area contributed by atoms with Crippen molar-refractivity contribution in [2.75, 3.05) is 6.54 Å². The molecule has 4 heterocycles. The average molecular weight is 393 g/mol. The van der Waals surface area contributed by atoms with E-state index in [0.717, 1.165) is 10.3 Å². The Morgan fingerprint density at radius 1 is 1.39 bits per heavy atom. The minimum atomic E-state index is 0.214. The third kappa shape index (κ3) is 2.09. The van der Waals surface area contributed by atoms with Crippen LogP contribution in [0.3, 0.4) is 0 Å². The summed E-state index contributed by atoms with van der Waals surface area (Å²) in [5.41, 5.74) is 1.70. The maximum absolute atomic E-state index is 6.34. The van der Waals surface area contributed by atoms with Gasteiger partial charge < -0.3 is 4.74 Å². The molecule has 1 saturated carbocycles. The van der Waals surface area contributed by atoms with Gasteiger partial charge in [-0.05, 0) is 64.6 Å². The van der Waals surface area contributed by atoms with E-state index in [4.69, 9.17) is 4.74 Å². The van der Waals surface area contributed by atoms with E-state index in [1.807, 2.05) is 18.5 Å². The van der Waals surface area contributed by atoms with E-state index < -0.39 is 0 Å². The van der Waals surface area contributed by atoms with E-state index in [-0.39, 0.29) is 6.10 Å². The first-order valence-electron chi connectivity index (χ1n) is 8.08. The molecule has 0 N–H and O–H groups in total. The number of pyridine rings is 1. The molecule has 2 aliphatic heterocycles. The maximum Gasteiger partial charge on any atom is 0.295 e. The SMILES string of the molecule is Brc1nnc(OC2C(Cc3cccnc3)N3CCC34CCC24)s1. The van der Waals surface area contributed by atoms with E-state index in [9.17, 15) is 0 Å². The van der Waals surface area contributed by atoms with E-state index in [1.54, 1.807) is 0 Å². The molecule has 5 rings (SSSR count). The highest BCUT2D eigenvalue weighted by Gasteiger charge is 2.68. The van der Waals surface area contributed by atoms with E-state index in [2.05, 4.69) is 42.1 Å². The number of ether oxygens (including phenoxy) is 1. The summed E-state index contributed by atoms with van der Waals surface area (Å²) in [5.74, 6) is 0.639. The Labute approximate surface area is 147 Å². The molecule has 3 fully saturated rings. The molecule has 0 bridgehead atoms. The number of hydrogen-bond donors (Lipinski definition) is 0. The summed E-state index contributed by atoms with van der Waals surface area (Å²) < 4.78 is 7.12. The summed E-state index contributed by atoms with van der Waals surface area (Å²) in [6, 6.07) is 4.60. The monoisotopic (exact) mass is 392 g/mol. The molecular formula is C16H17BrN4OS. The van der Waals surface area contributed by atoms with Gasteiger partial charge in [0.1, 0.15) is 6.10 Å². The molecule has 2 aromatic rings. The quantitative estimate of drug-likeness (QED) is 0.800. The van der Waals surface area contributed by atoms with Gasteiger partial charge in [-0.25, -0.2) is 0 Å². The lowest BCUT2D eigenvalue weighted by Gasteiger charge is -2.58. The van der Waals surface area contributed by atoms with Crippen LogP contribution in [0, 0.1) is 5.92 Å². The summed E-state index contributed by atoms with van der Waals surface area (Å²) in [6.45, 7) is 1.20. The maximum atomic E-state index is 6.34. The second kappa shape index (κ2) is 5.22. The van der Waals surface area contributed by atoms with Gasteiger partial charge in [-0.2, -0.15) is 0 Å². The van der Waals surface area contributed by atoms with Crippen molar-refractivity contribution in [1.29, 1.82) is 0 Å². The lowest BCUT2D eigenvalue weighted by Crippen LogP contribution is -2.65. The molecule has 0 amide bonds. The summed E-state index contributed by atoms with van der Waals surface area (Å²) in [5, 5.41) is 8.84. The zero-order valence-electron chi connectivity index (χ0n) is 12.6. The van der Waals surface area contributed by atoms with Gasteiger partial charge in [0, 0.05) is 30.4 Å². The molecule has 23 heavy (non-hydrogen) atoms. The first-order chi connectivity index (χ1) is 11.3. The van der Waals surface area contributed by atoms with Crippen LogP contribution in [-0.4, -0.2) is 44.3 Å². The van der Waals surface area contributed by atoms with Crippen LogP contribution in [0.1, 0.15) is 24.8 Å². The summed E-state index contributed by atoms with van der Waals surface area (Å²) in [7, 11) is 0. The normalized spacial score (nSPS) is 35.1. The van der Waals surface area contributed by atoms with Crippen molar-refractivity contribution in [2.24, 2.45) is 5.92 Å². The third-order valence-electron chi connectivity index (χ3n) is 5.90. The number of aromatic nitrogens is 3. The summed E-state index contributed by atoms with van der Waals surface area (Å²) in [4.78, 5) is 6.96. The van der Waals surface area contributed by atoms with E-state index in [0.29, 0.717) is 22.7 Å². The predicted octanol–water partition coefficient (Wildman–Crippen LogP) is 2.92. The van der Waals surface area contributed by atoms with Crippen molar-refractivity contribution in [3.8, 4) is 5.19 Å². The Morgan fingerprint density at radius 3 is 2.96 bits per heavy atom. The van der Waals surface area contributed by atoms with E-state index >= 15 is 0 Å². The molecule has 4 atom stereocenters. The molecule has 1 aliphatic carbocycles. The van der Waals surface area contributed by atoms with Crippen molar-refractivity contribution in [3.63, 3.8) is 0 Å². The van der Waals surface area contributed by atoms with Crippen molar-refractivity contribution in [1.82, 2.24) is 20.1 Å². The van der Waals surface area contributed by atoms with Gasteiger partial charge in [-0.15, -0.1) is 5.10 Å². The lowest BCUT2D eigenvalue weighted by molar-refractivity contribution is -0.0835. The highest BCUT2D eigenvalue weighted by Crippen LogP contribution is 2.60. The standard InChI is InChI=1S/C16H17BrN4OS/c17-14-19-20-15(23-14)22-13-11-3-4-16(11)5-7-21(16)12(13)8-10-2-1-6-18-9-10/h1-2,6,9,11-13H,3-5,7-8H2. The van der Waals surface area contributed by atoms with Crippen LogP contribution in [0.25, 0.3) is 0 Å². The molecule has 3 aliphatic rings. The number of hydrogen-bond acceptors (Lipinski definition) is 6. The highest BCUT2D eigenvalue weighted by atomic mass is 79.9. The van der Waals surface area contributed by atoms with Gasteiger partial charge in [0.15, 0.2) is 3.92 Å². The van der Waals surface area contributed by atoms with Crippen molar-refractivity contribution in [2.45, 2.75) is 43.4 Å². The van der Waals surface area contributed by atoms with Crippen molar-refractivity contribution < 1.29 is 4.74 Å². The van der Waals surface area contributed by atoms with Gasteiger partial charge in [-0.1, -0.05) is 11.2 Å². The van der Waals surface area contributed by atoms with Gasteiger partial charge in [0.25, 0.3) is 5.19 Å². The topological polar surface area (TPSA) is 51.1 Å². The van der Waals surface area contributed by atoms with Gasteiger partial charge in [0.2, 0.25) is 0 Å². The first kappa shape index (κ1) is 14.3.